The first kappa shape index (κ1) is 44.9. The number of unbranched alkanes of at least 4 members (excludes halogenated alkanes) is 26. The topological polar surface area (TPSA) is 72.8 Å². The molecule has 0 aromatic rings. The van der Waals surface area contributed by atoms with Gasteiger partial charge in [0.05, 0.1) is 6.61 Å². The van der Waals surface area contributed by atoms with Gasteiger partial charge in [0.15, 0.2) is 6.10 Å². The Morgan fingerprint density at radius 1 is 0.500 bits per heavy atom. The van der Waals surface area contributed by atoms with Crippen LogP contribution in [0.1, 0.15) is 226 Å². The zero-order valence-corrected chi connectivity index (χ0v) is 31.3. The Labute approximate surface area is 287 Å². The van der Waals surface area contributed by atoms with E-state index in [0.29, 0.717) is 12.8 Å². The smallest absolute Gasteiger partial charge is 0.306 e. The standard InChI is InChI=1S/C41H80O5/c1-4-6-7-8-9-10-11-12-13-14-15-16-17-18-23-26-29-32-35-41(44)46-39(36-42)37-45-40(43)34-31-28-25-22-20-19-21-24-27-30-33-38(3)5-2/h38-39,42H,4-37H2,1-3H3/t38?,39-/m0/s1. The molecule has 0 bridgehead atoms. The maximum Gasteiger partial charge on any atom is 0.306 e. The predicted octanol–water partition coefficient (Wildman–Crippen LogP) is 12.6. The Hall–Kier alpha value is -1.10. The molecule has 1 N–H and O–H groups in total. The second kappa shape index (κ2) is 36.7. The van der Waals surface area contributed by atoms with E-state index in [1.165, 1.54) is 154 Å². The van der Waals surface area contributed by atoms with E-state index in [4.69, 9.17) is 9.47 Å². The quantitative estimate of drug-likeness (QED) is 0.0534. The van der Waals surface area contributed by atoms with Gasteiger partial charge in [0, 0.05) is 12.8 Å². The summed E-state index contributed by atoms with van der Waals surface area (Å²) in [5.74, 6) is 0.303. The number of carbonyl (C=O) groups excluding carboxylic acids is 2. The lowest BCUT2D eigenvalue weighted by Crippen LogP contribution is -2.28. The van der Waals surface area contributed by atoms with Crippen LogP contribution < -0.4 is 0 Å². The van der Waals surface area contributed by atoms with Crippen LogP contribution in [-0.4, -0.2) is 36.4 Å². The Morgan fingerprint density at radius 2 is 0.848 bits per heavy atom. The summed E-state index contributed by atoms with van der Waals surface area (Å²) in [4.78, 5) is 24.3. The summed E-state index contributed by atoms with van der Waals surface area (Å²) >= 11 is 0. The monoisotopic (exact) mass is 653 g/mol. The first-order valence-electron chi connectivity index (χ1n) is 20.5. The minimum atomic E-state index is -0.762. The fraction of sp³-hybridized carbons (Fsp3) is 0.951. The fourth-order valence-corrected chi connectivity index (χ4v) is 6.18. The lowest BCUT2D eigenvalue weighted by Gasteiger charge is -2.15. The van der Waals surface area contributed by atoms with Crippen molar-refractivity contribution in [1.29, 1.82) is 0 Å². The normalized spacial score (nSPS) is 12.7. The number of hydrogen-bond acceptors (Lipinski definition) is 5. The summed E-state index contributed by atoms with van der Waals surface area (Å²) in [6, 6.07) is 0. The van der Waals surface area contributed by atoms with Crippen LogP contribution in [0, 0.1) is 5.92 Å². The third-order valence-corrected chi connectivity index (χ3v) is 9.69. The van der Waals surface area contributed by atoms with Crippen LogP contribution in [0.25, 0.3) is 0 Å². The highest BCUT2D eigenvalue weighted by Crippen LogP contribution is 2.17. The van der Waals surface area contributed by atoms with Gasteiger partial charge in [-0.05, 0) is 18.8 Å². The minimum Gasteiger partial charge on any atom is -0.462 e. The first-order chi connectivity index (χ1) is 22.5. The van der Waals surface area contributed by atoms with Crippen molar-refractivity contribution >= 4 is 11.9 Å². The van der Waals surface area contributed by atoms with E-state index in [0.717, 1.165) is 44.4 Å². The highest BCUT2D eigenvalue weighted by atomic mass is 16.6. The van der Waals surface area contributed by atoms with Crippen LogP contribution in [-0.2, 0) is 19.1 Å². The molecule has 0 aliphatic carbocycles. The van der Waals surface area contributed by atoms with E-state index in [1.54, 1.807) is 0 Å². The van der Waals surface area contributed by atoms with E-state index >= 15 is 0 Å². The van der Waals surface area contributed by atoms with Crippen molar-refractivity contribution in [3.05, 3.63) is 0 Å². The SMILES string of the molecule is CCCCCCCCCCCCCCCCCCCCC(=O)O[C@@H](CO)COC(=O)CCCCCCCCCCCCC(C)CC. The Balaban J connectivity index is 3.49. The number of esters is 2. The molecule has 0 saturated carbocycles. The molecule has 1 unspecified atom stereocenters. The summed E-state index contributed by atoms with van der Waals surface area (Å²) in [6.45, 7) is 6.53. The molecule has 46 heavy (non-hydrogen) atoms. The third kappa shape index (κ3) is 34.2. The summed E-state index contributed by atoms with van der Waals surface area (Å²) in [5.41, 5.74) is 0. The summed E-state index contributed by atoms with van der Waals surface area (Å²) in [7, 11) is 0. The average molecular weight is 653 g/mol. The number of rotatable bonds is 37. The molecule has 0 rings (SSSR count). The molecule has 0 aliphatic rings. The Bertz CT molecular complexity index is 636. The first-order valence-corrected chi connectivity index (χ1v) is 20.5. The van der Waals surface area contributed by atoms with Gasteiger partial charge in [0.2, 0.25) is 0 Å². The van der Waals surface area contributed by atoms with E-state index < -0.39 is 6.10 Å². The Morgan fingerprint density at radius 3 is 1.22 bits per heavy atom. The molecule has 0 fully saturated rings. The molecule has 2 atom stereocenters. The average Bonchev–Trinajstić information content (AvgIpc) is 3.06. The van der Waals surface area contributed by atoms with Gasteiger partial charge in [-0.1, -0.05) is 201 Å². The van der Waals surface area contributed by atoms with Gasteiger partial charge < -0.3 is 14.6 Å². The van der Waals surface area contributed by atoms with Gasteiger partial charge in [-0.15, -0.1) is 0 Å². The minimum absolute atomic E-state index is 0.0580. The van der Waals surface area contributed by atoms with Gasteiger partial charge >= 0.3 is 11.9 Å². The van der Waals surface area contributed by atoms with Crippen molar-refractivity contribution < 1.29 is 24.2 Å². The van der Waals surface area contributed by atoms with Crippen molar-refractivity contribution in [3.63, 3.8) is 0 Å². The summed E-state index contributed by atoms with van der Waals surface area (Å²) in [5, 5.41) is 9.56. The largest absolute Gasteiger partial charge is 0.462 e. The van der Waals surface area contributed by atoms with E-state index in [-0.39, 0.29) is 25.2 Å². The lowest BCUT2D eigenvalue weighted by atomic mass is 9.99. The van der Waals surface area contributed by atoms with Gasteiger partial charge in [0.1, 0.15) is 6.61 Å². The fourth-order valence-electron chi connectivity index (χ4n) is 6.18. The van der Waals surface area contributed by atoms with E-state index in [1.807, 2.05) is 0 Å². The summed E-state index contributed by atoms with van der Waals surface area (Å²) < 4.78 is 10.6. The third-order valence-electron chi connectivity index (χ3n) is 9.69. The molecule has 0 aromatic heterocycles. The number of aliphatic hydroxyl groups is 1. The van der Waals surface area contributed by atoms with Crippen LogP contribution in [0.5, 0.6) is 0 Å². The molecular weight excluding hydrogens is 572 g/mol. The van der Waals surface area contributed by atoms with Crippen LogP contribution in [0.15, 0.2) is 0 Å². The number of carbonyl (C=O) groups is 2. The van der Waals surface area contributed by atoms with Crippen LogP contribution in [0.2, 0.25) is 0 Å². The van der Waals surface area contributed by atoms with E-state index in [9.17, 15) is 14.7 Å². The van der Waals surface area contributed by atoms with Crippen molar-refractivity contribution in [2.45, 2.75) is 232 Å². The molecule has 0 spiro atoms. The molecule has 0 saturated heterocycles. The van der Waals surface area contributed by atoms with Crippen molar-refractivity contribution in [1.82, 2.24) is 0 Å². The van der Waals surface area contributed by atoms with Gasteiger partial charge in [0.25, 0.3) is 0 Å². The Kier molecular flexibility index (Phi) is 35.9. The molecular formula is C41H80O5. The van der Waals surface area contributed by atoms with Gasteiger partial charge in [-0.25, -0.2) is 0 Å². The van der Waals surface area contributed by atoms with Crippen LogP contribution >= 0.6 is 0 Å². The molecule has 5 nitrogen and oxygen atoms in total. The van der Waals surface area contributed by atoms with Gasteiger partial charge in [-0.3, -0.25) is 9.59 Å². The maximum absolute atomic E-state index is 12.2. The number of aliphatic hydroxyl groups excluding tert-OH is 1. The van der Waals surface area contributed by atoms with Gasteiger partial charge in [-0.2, -0.15) is 0 Å². The summed E-state index contributed by atoms with van der Waals surface area (Å²) in [6.07, 6.45) is 38.7. The van der Waals surface area contributed by atoms with Crippen molar-refractivity contribution in [2.75, 3.05) is 13.2 Å². The zero-order valence-electron chi connectivity index (χ0n) is 31.3. The zero-order chi connectivity index (χ0) is 33.8. The molecule has 0 amide bonds. The predicted molar refractivity (Wildman–Crippen MR) is 196 cm³/mol. The molecule has 0 heterocycles. The second-order valence-electron chi connectivity index (χ2n) is 14.3. The molecule has 0 radical (unpaired) electrons. The highest BCUT2D eigenvalue weighted by molar-refractivity contribution is 5.70. The second-order valence-corrected chi connectivity index (χ2v) is 14.3. The van der Waals surface area contributed by atoms with Crippen molar-refractivity contribution in [2.24, 2.45) is 5.92 Å². The lowest BCUT2D eigenvalue weighted by molar-refractivity contribution is -0.161. The molecule has 5 heteroatoms. The number of ether oxygens (including phenoxy) is 2. The van der Waals surface area contributed by atoms with Crippen molar-refractivity contribution in [3.8, 4) is 0 Å². The van der Waals surface area contributed by atoms with E-state index in [2.05, 4.69) is 20.8 Å². The number of hydrogen-bond donors (Lipinski definition) is 1. The van der Waals surface area contributed by atoms with Crippen LogP contribution in [0.4, 0.5) is 0 Å². The molecule has 0 aromatic carbocycles. The molecule has 274 valence electrons. The maximum atomic E-state index is 12.2. The molecule has 0 aliphatic heterocycles. The highest BCUT2D eigenvalue weighted by Gasteiger charge is 2.16. The van der Waals surface area contributed by atoms with Crippen LogP contribution in [0.3, 0.4) is 0 Å².